The Hall–Kier alpha value is -1.11. The number of sulfonamides is 1. The summed E-state index contributed by atoms with van der Waals surface area (Å²) in [5.41, 5.74) is 8.09. The van der Waals surface area contributed by atoms with Crippen LogP contribution in [-0.4, -0.2) is 39.0 Å². The minimum absolute atomic E-state index is 0.172. The van der Waals surface area contributed by atoms with Gasteiger partial charge in [-0.05, 0) is 44.0 Å². The molecule has 1 unspecified atom stereocenters. The molecule has 0 saturated carbocycles. The third-order valence-corrected chi connectivity index (χ3v) is 5.57. The van der Waals surface area contributed by atoms with Gasteiger partial charge in [-0.3, -0.25) is 0 Å². The molecule has 0 aromatic heterocycles. The summed E-state index contributed by atoms with van der Waals surface area (Å²) in [5.74, 6) is 0. The standard InChI is InChI=1S/C14H24N2O3S/c1-6-16(12(4)9-19-5)20(17,18)14-8-11(3)10(2)7-13(14)15/h7-8,12H,6,9,15H2,1-5H3. The maximum atomic E-state index is 12.8. The number of rotatable bonds is 6. The Bertz CT molecular complexity index is 570. The number of hydrogen-bond acceptors (Lipinski definition) is 4. The van der Waals surface area contributed by atoms with E-state index in [4.69, 9.17) is 10.5 Å². The van der Waals surface area contributed by atoms with Crippen molar-refractivity contribution in [1.82, 2.24) is 4.31 Å². The van der Waals surface area contributed by atoms with Gasteiger partial charge in [-0.25, -0.2) is 8.42 Å². The Morgan fingerprint density at radius 3 is 2.35 bits per heavy atom. The minimum atomic E-state index is -3.61. The van der Waals surface area contributed by atoms with Crippen LogP contribution in [0.25, 0.3) is 0 Å². The first-order chi connectivity index (χ1) is 9.25. The summed E-state index contributed by atoms with van der Waals surface area (Å²) in [6, 6.07) is 3.11. The summed E-state index contributed by atoms with van der Waals surface area (Å²) in [7, 11) is -2.06. The molecule has 0 fully saturated rings. The first-order valence-corrected chi connectivity index (χ1v) is 8.07. The molecule has 0 radical (unpaired) electrons. The van der Waals surface area contributed by atoms with Crippen molar-refractivity contribution in [1.29, 1.82) is 0 Å². The topological polar surface area (TPSA) is 72.6 Å². The SMILES string of the molecule is CCN(C(C)COC)S(=O)(=O)c1cc(C)c(C)cc1N. The summed E-state index contributed by atoms with van der Waals surface area (Å²) in [6.45, 7) is 8.13. The molecular weight excluding hydrogens is 276 g/mol. The highest BCUT2D eigenvalue weighted by Crippen LogP contribution is 2.26. The number of aryl methyl sites for hydroxylation is 2. The molecule has 1 aromatic carbocycles. The van der Waals surface area contributed by atoms with E-state index in [2.05, 4.69) is 0 Å². The summed E-state index contributed by atoms with van der Waals surface area (Å²) >= 11 is 0. The van der Waals surface area contributed by atoms with Gasteiger partial charge in [0.05, 0.1) is 12.3 Å². The number of anilines is 1. The van der Waals surface area contributed by atoms with Crippen LogP contribution in [0.15, 0.2) is 17.0 Å². The molecule has 2 N–H and O–H groups in total. The molecule has 0 saturated heterocycles. The van der Waals surface area contributed by atoms with E-state index in [-0.39, 0.29) is 16.6 Å². The van der Waals surface area contributed by atoms with E-state index in [9.17, 15) is 8.42 Å². The predicted octanol–water partition coefficient (Wildman–Crippen LogP) is 1.93. The highest BCUT2D eigenvalue weighted by atomic mass is 32.2. The van der Waals surface area contributed by atoms with Crippen LogP contribution < -0.4 is 5.73 Å². The molecule has 0 aliphatic rings. The molecule has 1 atom stereocenters. The van der Waals surface area contributed by atoms with Gasteiger partial charge in [0.15, 0.2) is 0 Å². The number of likely N-dealkylation sites (N-methyl/N-ethyl adjacent to an activating group) is 1. The zero-order valence-electron chi connectivity index (χ0n) is 12.8. The molecule has 1 rings (SSSR count). The lowest BCUT2D eigenvalue weighted by Gasteiger charge is -2.27. The molecule has 5 nitrogen and oxygen atoms in total. The highest BCUT2D eigenvalue weighted by molar-refractivity contribution is 7.89. The molecule has 6 heteroatoms. The van der Waals surface area contributed by atoms with Crippen molar-refractivity contribution in [3.8, 4) is 0 Å². The lowest BCUT2D eigenvalue weighted by atomic mass is 10.1. The maximum absolute atomic E-state index is 12.8. The van der Waals surface area contributed by atoms with Crippen LogP contribution in [0.2, 0.25) is 0 Å². The molecule has 1 aromatic rings. The van der Waals surface area contributed by atoms with Crippen LogP contribution >= 0.6 is 0 Å². The second-order valence-corrected chi connectivity index (χ2v) is 6.85. The lowest BCUT2D eigenvalue weighted by molar-refractivity contribution is 0.142. The van der Waals surface area contributed by atoms with Gasteiger partial charge < -0.3 is 10.5 Å². The van der Waals surface area contributed by atoms with Gasteiger partial charge in [0.2, 0.25) is 10.0 Å². The zero-order valence-corrected chi connectivity index (χ0v) is 13.6. The molecule has 0 heterocycles. The van der Waals surface area contributed by atoms with Crippen molar-refractivity contribution < 1.29 is 13.2 Å². The number of methoxy groups -OCH3 is 1. The Balaban J connectivity index is 3.31. The van der Waals surface area contributed by atoms with E-state index >= 15 is 0 Å². The van der Waals surface area contributed by atoms with Crippen LogP contribution in [-0.2, 0) is 14.8 Å². The number of nitrogens with zero attached hydrogens (tertiary/aromatic N) is 1. The van der Waals surface area contributed by atoms with Gasteiger partial charge in [0, 0.05) is 19.7 Å². The fourth-order valence-electron chi connectivity index (χ4n) is 2.20. The van der Waals surface area contributed by atoms with Crippen LogP contribution in [0, 0.1) is 13.8 Å². The van der Waals surface area contributed by atoms with Gasteiger partial charge >= 0.3 is 0 Å². The van der Waals surface area contributed by atoms with Crippen molar-refractivity contribution in [3.05, 3.63) is 23.3 Å². The van der Waals surface area contributed by atoms with Crippen LogP contribution in [0.5, 0.6) is 0 Å². The fraction of sp³-hybridized carbons (Fsp3) is 0.571. The molecule has 0 aliphatic heterocycles. The second-order valence-electron chi connectivity index (χ2n) is 4.99. The van der Waals surface area contributed by atoms with Gasteiger partial charge in [-0.15, -0.1) is 0 Å². The average Bonchev–Trinajstić information content (AvgIpc) is 2.34. The molecule has 0 spiro atoms. The Labute approximate surface area is 121 Å². The highest BCUT2D eigenvalue weighted by Gasteiger charge is 2.29. The molecule has 20 heavy (non-hydrogen) atoms. The van der Waals surface area contributed by atoms with E-state index in [1.165, 1.54) is 4.31 Å². The number of nitrogen functional groups attached to an aromatic ring is 1. The Morgan fingerprint density at radius 1 is 1.30 bits per heavy atom. The van der Waals surface area contributed by atoms with Gasteiger partial charge in [-0.1, -0.05) is 6.92 Å². The molecule has 0 amide bonds. The van der Waals surface area contributed by atoms with Gasteiger partial charge in [0.1, 0.15) is 4.90 Å². The van der Waals surface area contributed by atoms with Crippen molar-refractivity contribution in [3.63, 3.8) is 0 Å². The predicted molar refractivity (Wildman–Crippen MR) is 81.2 cm³/mol. The lowest BCUT2D eigenvalue weighted by Crippen LogP contribution is -2.41. The van der Waals surface area contributed by atoms with E-state index in [1.54, 1.807) is 26.2 Å². The van der Waals surface area contributed by atoms with Crippen LogP contribution in [0.3, 0.4) is 0 Å². The smallest absolute Gasteiger partial charge is 0.245 e. The fourth-order valence-corrected chi connectivity index (χ4v) is 4.01. The van der Waals surface area contributed by atoms with Crippen molar-refractivity contribution in [2.45, 2.75) is 38.6 Å². The quantitative estimate of drug-likeness (QED) is 0.815. The third kappa shape index (κ3) is 3.31. The van der Waals surface area contributed by atoms with Crippen molar-refractivity contribution in [2.75, 3.05) is 26.0 Å². The van der Waals surface area contributed by atoms with E-state index in [0.717, 1.165) is 11.1 Å². The number of benzene rings is 1. The Morgan fingerprint density at radius 2 is 1.85 bits per heavy atom. The summed E-state index contributed by atoms with van der Waals surface area (Å²) in [6.07, 6.45) is 0. The number of ether oxygens (including phenoxy) is 1. The van der Waals surface area contributed by atoms with Crippen molar-refractivity contribution >= 4 is 15.7 Å². The molecule has 114 valence electrons. The first-order valence-electron chi connectivity index (χ1n) is 6.63. The van der Waals surface area contributed by atoms with Crippen molar-refractivity contribution in [2.24, 2.45) is 0 Å². The largest absolute Gasteiger partial charge is 0.398 e. The Kier molecular flexibility index (Phi) is 5.56. The summed E-state index contributed by atoms with van der Waals surface area (Å²) in [4.78, 5) is 0.172. The average molecular weight is 300 g/mol. The minimum Gasteiger partial charge on any atom is -0.398 e. The molecular formula is C14H24N2O3S. The van der Waals surface area contributed by atoms with E-state index in [1.807, 2.05) is 20.8 Å². The van der Waals surface area contributed by atoms with Crippen LogP contribution in [0.1, 0.15) is 25.0 Å². The second kappa shape index (κ2) is 6.56. The zero-order chi connectivity index (χ0) is 15.5. The summed E-state index contributed by atoms with van der Waals surface area (Å²) < 4.78 is 32.0. The molecule has 0 bridgehead atoms. The number of nitrogens with two attached hydrogens (primary N) is 1. The summed E-state index contributed by atoms with van der Waals surface area (Å²) in [5, 5.41) is 0. The third-order valence-electron chi connectivity index (χ3n) is 3.42. The van der Waals surface area contributed by atoms with Gasteiger partial charge in [-0.2, -0.15) is 4.31 Å². The van der Waals surface area contributed by atoms with Crippen LogP contribution in [0.4, 0.5) is 5.69 Å². The van der Waals surface area contributed by atoms with E-state index in [0.29, 0.717) is 13.2 Å². The first kappa shape index (κ1) is 16.9. The monoisotopic (exact) mass is 300 g/mol. The molecule has 0 aliphatic carbocycles. The van der Waals surface area contributed by atoms with E-state index < -0.39 is 10.0 Å². The normalized spacial score (nSPS) is 13.7. The number of hydrogen-bond donors (Lipinski definition) is 1. The maximum Gasteiger partial charge on any atom is 0.245 e. The van der Waals surface area contributed by atoms with Gasteiger partial charge in [0.25, 0.3) is 0 Å².